The quantitative estimate of drug-likeness (QED) is 0.437. The van der Waals surface area contributed by atoms with Crippen molar-refractivity contribution in [2.24, 2.45) is 0 Å². The smallest absolute Gasteiger partial charge is 0.307 e. The van der Waals surface area contributed by atoms with Crippen LogP contribution in [0.5, 0.6) is 0 Å². The zero-order chi connectivity index (χ0) is 22.7. The maximum Gasteiger partial charge on any atom is 0.307 e. The highest BCUT2D eigenvalue weighted by Gasteiger charge is 2.41. The average Bonchev–Trinajstić information content (AvgIpc) is 3.29. The molecule has 0 bridgehead atoms. The van der Waals surface area contributed by atoms with Crippen LogP contribution in [0, 0.1) is 13.8 Å². The minimum Gasteiger partial charge on any atom is -0.469 e. The van der Waals surface area contributed by atoms with Crippen LogP contribution in [0.3, 0.4) is 0 Å². The summed E-state index contributed by atoms with van der Waals surface area (Å²) in [7, 11) is 1.41. The standard InChI is InChI=1S/C24H27N5O2S/c1-16-13-19(17(2)29(16)15-18-7-6-10-25-14-18)23-22(20-8-4-5-11-26-20)27-24(32)28(23)12-9-21(30)31-3/h4-8,10-11,13-14,22-23H,9,12,15H2,1-3H3,(H,27,32)/t22-,23-/m1/s1. The highest BCUT2D eigenvalue weighted by atomic mass is 32.1. The molecule has 1 aliphatic heterocycles. The lowest BCUT2D eigenvalue weighted by molar-refractivity contribution is -0.140. The number of esters is 1. The summed E-state index contributed by atoms with van der Waals surface area (Å²) in [6.45, 7) is 5.46. The number of rotatable bonds is 7. The van der Waals surface area contributed by atoms with Crippen LogP contribution in [0.2, 0.25) is 0 Å². The number of ether oxygens (including phenoxy) is 1. The van der Waals surface area contributed by atoms with Crippen molar-refractivity contribution in [1.29, 1.82) is 0 Å². The van der Waals surface area contributed by atoms with E-state index in [4.69, 9.17) is 17.0 Å². The van der Waals surface area contributed by atoms with Gasteiger partial charge in [-0.2, -0.15) is 0 Å². The summed E-state index contributed by atoms with van der Waals surface area (Å²) in [6, 6.07) is 11.9. The molecule has 0 unspecified atom stereocenters. The largest absolute Gasteiger partial charge is 0.469 e. The van der Waals surface area contributed by atoms with Gasteiger partial charge in [-0.25, -0.2) is 0 Å². The summed E-state index contributed by atoms with van der Waals surface area (Å²) in [5.74, 6) is -0.255. The van der Waals surface area contributed by atoms with Crippen molar-refractivity contribution >= 4 is 23.3 Å². The molecule has 1 aliphatic rings. The van der Waals surface area contributed by atoms with Gasteiger partial charge in [-0.3, -0.25) is 14.8 Å². The fraction of sp³-hybridized carbons (Fsp3) is 0.333. The van der Waals surface area contributed by atoms with E-state index in [1.54, 1.807) is 12.4 Å². The lowest BCUT2D eigenvalue weighted by Crippen LogP contribution is -2.32. The van der Waals surface area contributed by atoms with Crippen LogP contribution in [0.25, 0.3) is 0 Å². The van der Waals surface area contributed by atoms with Gasteiger partial charge in [-0.05, 0) is 61.5 Å². The van der Waals surface area contributed by atoms with E-state index < -0.39 is 0 Å². The Kier molecular flexibility index (Phi) is 6.50. The van der Waals surface area contributed by atoms with Crippen molar-refractivity contribution in [3.05, 3.63) is 83.2 Å². The Morgan fingerprint density at radius 2 is 2.06 bits per heavy atom. The molecular weight excluding hydrogens is 422 g/mol. The molecule has 1 fully saturated rings. The molecule has 1 saturated heterocycles. The molecular formula is C24H27N5O2S. The van der Waals surface area contributed by atoms with E-state index in [1.807, 2.05) is 30.5 Å². The molecule has 7 nitrogen and oxygen atoms in total. The predicted molar refractivity (Wildman–Crippen MR) is 126 cm³/mol. The third-order valence-electron chi connectivity index (χ3n) is 5.98. The third kappa shape index (κ3) is 4.36. The maximum atomic E-state index is 11.9. The number of nitrogens with zero attached hydrogens (tertiary/aromatic N) is 4. The van der Waals surface area contributed by atoms with E-state index >= 15 is 0 Å². The summed E-state index contributed by atoms with van der Waals surface area (Å²) in [5.41, 5.74) is 5.54. The van der Waals surface area contributed by atoms with Crippen LogP contribution in [0.1, 0.15) is 46.7 Å². The van der Waals surface area contributed by atoms with Gasteiger partial charge in [-0.1, -0.05) is 12.1 Å². The highest BCUT2D eigenvalue weighted by Crippen LogP contribution is 2.41. The van der Waals surface area contributed by atoms with E-state index in [0.29, 0.717) is 11.7 Å². The number of thiocarbonyl (C=S) groups is 1. The molecule has 0 spiro atoms. The number of carbonyl (C=O) groups excluding carboxylic acids is 1. The zero-order valence-corrected chi connectivity index (χ0v) is 19.3. The number of nitrogens with one attached hydrogen (secondary N) is 1. The van der Waals surface area contributed by atoms with Gasteiger partial charge in [0.15, 0.2) is 5.11 Å². The van der Waals surface area contributed by atoms with Gasteiger partial charge >= 0.3 is 5.97 Å². The number of hydrogen-bond donors (Lipinski definition) is 1. The molecule has 0 radical (unpaired) electrons. The van der Waals surface area contributed by atoms with Gasteiger partial charge in [0, 0.05) is 43.1 Å². The zero-order valence-electron chi connectivity index (χ0n) is 18.5. The molecule has 4 heterocycles. The molecule has 166 valence electrons. The van der Waals surface area contributed by atoms with Gasteiger partial charge in [0.25, 0.3) is 0 Å². The van der Waals surface area contributed by atoms with E-state index in [-0.39, 0.29) is 24.5 Å². The summed E-state index contributed by atoms with van der Waals surface area (Å²) >= 11 is 5.69. The Labute approximate surface area is 193 Å². The van der Waals surface area contributed by atoms with Crippen LogP contribution in [0.15, 0.2) is 55.0 Å². The fourth-order valence-electron chi connectivity index (χ4n) is 4.34. The van der Waals surface area contributed by atoms with Crippen molar-refractivity contribution in [2.75, 3.05) is 13.7 Å². The second-order valence-corrected chi connectivity index (χ2v) is 8.31. The Morgan fingerprint density at radius 3 is 2.75 bits per heavy atom. The van der Waals surface area contributed by atoms with Crippen molar-refractivity contribution in [1.82, 2.24) is 24.8 Å². The first-order valence-electron chi connectivity index (χ1n) is 10.6. The molecule has 1 N–H and O–H groups in total. The lowest BCUT2D eigenvalue weighted by Gasteiger charge is -2.28. The van der Waals surface area contributed by atoms with Gasteiger partial charge in [-0.15, -0.1) is 0 Å². The van der Waals surface area contributed by atoms with Gasteiger partial charge in [0.1, 0.15) is 0 Å². The minimum atomic E-state index is -0.255. The van der Waals surface area contributed by atoms with Crippen LogP contribution >= 0.6 is 12.2 Å². The first kappa shape index (κ1) is 22.0. The lowest BCUT2D eigenvalue weighted by atomic mass is 9.96. The summed E-state index contributed by atoms with van der Waals surface area (Å²) in [6.07, 6.45) is 5.73. The first-order valence-corrected chi connectivity index (χ1v) is 11.0. The molecule has 3 aromatic rings. The third-order valence-corrected chi connectivity index (χ3v) is 6.33. The summed E-state index contributed by atoms with van der Waals surface area (Å²) in [5, 5.41) is 4.06. The predicted octanol–water partition coefficient (Wildman–Crippen LogP) is 3.48. The van der Waals surface area contributed by atoms with Crippen LogP contribution < -0.4 is 5.32 Å². The fourth-order valence-corrected chi connectivity index (χ4v) is 4.68. The summed E-state index contributed by atoms with van der Waals surface area (Å²) in [4.78, 5) is 22.8. The number of pyridine rings is 2. The maximum absolute atomic E-state index is 11.9. The van der Waals surface area contributed by atoms with Crippen molar-refractivity contribution in [3.63, 3.8) is 0 Å². The van der Waals surface area contributed by atoms with E-state index in [1.165, 1.54) is 12.7 Å². The van der Waals surface area contributed by atoms with Gasteiger partial charge in [0.2, 0.25) is 0 Å². The first-order chi connectivity index (χ1) is 15.5. The molecule has 8 heteroatoms. The number of methoxy groups -OCH3 is 1. The average molecular weight is 450 g/mol. The molecule has 2 atom stereocenters. The second kappa shape index (κ2) is 9.48. The highest BCUT2D eigenvalue weighted by molar-refractivity contribution is 7.80. The van der Waals surface area contributed by atoms with Gasteiger partial charge in [0.05, 0.1) is 31.3 Å². The van der Waals surface area contributed by atoms with Crippen LogP contribution in [-0.4, -0.2) is 44.2 Å². The molecule has 0 aromatic carbocycles. The Balaban J connectivity index is 1.73. The molecule has 0 saturated carbocycles. The summed E-state index contributed by atoms with van der Waals surface area (Å²) < 4.78 is 7.15. The Morgan fingerprint density at radius 1 is 1.22 bits per heavy atom. The molecule has 4 rings (SSSR count). The number of carbonyl (C=O) groups is 1. The van der Waals surface area contributed by atoms with Crippen LogP contribution in [-0.2, 0) is 16.1 Å². The molecule has 32 heavy (non-hydrogen) atoms. The van der Waals surface area contributed by atoms with Crippen molar-refractivity contribution in [2.45, 2.75) is 38.9 Å². The van der Waals surface area contributed by atoms with E-state index in [0.717, 1.165) is 29.2 Å². The molecule has 0 aliphatic carbocycles. The monoisotopic (exact) mass is 449 g/mol. The SMILES string of the molecule is COC(=O)CCN1C(=S)N[C@H](c2ccccn2)[C@H]1c1cc(C)n(Cc2cccnc2)c1C. The van der Waals surface area contributed by atoms with Crippen LogP contribution in [0.4, 0.5) is 0 Å². The normalized spacial score (nSPS) is 18.0. The van der Waals surface area contributed by atoms with E-state index in [9.17, 15) is 4.79 Å². The topological polar surface area (TPSA) is 72.3 Å². The number of hydrogen-bond acceptors (Lipinski definition) is 5. The Bertz CT molecular complexity index is 1100. The second-order valence-electron chi connectivity index (χ2n) is 7.92. The van der Waals surface area contributed by atoms with E-state index in [2.05, 4.69) is 50.7 Å². The minimum absolute atomic E-state index is 0.0871. The van der Waals surface area contributed by atoms with Gasteiger partial charge < -0.3 is 19.5 Å². The Hall–Kier alpha value is -3.26. The number of aryl methyl sites for hydroxylation is 1. The molecule has 3 aromatic heterocycles. The number of aromatic nitrogens is 3. The van der Waals surface area contributed by atoms with Crippen molar-refractivity contribution < 1.29 is 9.53 Å². The molecule has 0 amide bonds. The van der Waals surface area contributed by atoms with Crippen molar-refractivity contribution in [3.8, 4) is 0 Å².